The molecule has 1 aliphatic rings. The highest BCUT2D eigenvalue weighted by molar-refractivity contribution is 5.94. The van der Waals surface area contributed by atoms with Gasteiger partial charge in [0.05, 0.1) is 5.56 Å². The van der Waals surface area contributed by atoms with Crippen LogP contribution in [0.15, 0.2) is 24.4 Å². The van der Waals surface area contributed by atoms with Crippen LogP contribution in [0.1, 0.15) is 29.6 Å². The van der Waals surface area contributed by atoms with E-state index in [-0.39, 0.29) is 5.56 Å². The van der Waals surface area contributed by atoms with Crippen molar-refractivity contribution in [1.82, 2.24) is 10.3 Å². The number of halogens is 2. The third-order valence-corrected chi connectivity index (χ3v) is 3.02. The predicted octanol–water partition coefficient (Wildman–Crippen LogP) is 2.45. The van der Waals surface area contributed by atoms with E-state index in [1.54, 1.807) is 0 Å². The molecule has 3 nitrogen and oxygen atoms in total. The molecule has 1 N–H and O–H groups in total. The summed E-state index contributed by atoms with van der Waals surface area (Å²) < 4.78 is 26.2. The molecule has 1 aromatic heterocycles. The van der Waals surface area contributed by atoms with Gasteiger partial charge in [0, 0.05) is 12.7 Å². The number of nitrogens with zero attached hydrogens (tertiary/aromatic N) is 1. The van der Waals surface area contributed by atoms with Crippen LogP contribution in [-0.4, -0.2) is 17.4 Å². The van der Waals surface area contributed by atoms with E-state index >= 15 is 0 Å². The summed E-state index contributed by atoms with van der Waals surface area (Å²) >= 11 is 0. The second-order valence-electron chi connectivity index (χ2n) is 4.32. The highest BCUT2D eigenvalue weighted by Gasteiger charge is 2.17. The molecule has 0 radical (unpaired) electrons. The molecule has 2 rings (SSSR count). The maximum absolute atomic E-state index is 13.3. The molecule has 0 saturated carbocycles. The molecule has 0 fully saturated rings. The zero-order valence-corrected chi connectivity index (χ0v) is 9.83. The summed E-state index contributed by atoms with van der Waals surface area (Å²) in [5, 5.41) is 2.63. The molecule has 0 spiro atoms. The van der Waals surface area contributed by atoms with Gasteiger partial charge in [0.15, 0.2) is 5.82 Å². The molecule has 1 amide bonds. The molecule has 0 aromatic carbocycles. The fourth-order valence-corrected chi connectivity index (χ4v) is 1.97. The Morgan fingerprint density at radius 2 is 2.28 bits per heavy atom. The number of carbonyl (C=O) groups is 1. The fraction of sp³-hybridized carbons (Fsp3) is 0.385. The van der Waals surface area contributed by atoms with Crippen molar-refractivity contribution in [2.24, 2.45) is 5.92 Å². The lowest BCUT2D eigenvalue weighted by molar-refractivity contribution is 0.0940. The standard InChI is InChI=1S/C13H14F2N2O/c14-11-10(6-7-16-12(11)15)13(18)17-8-9-4-2-1-3-5-9/h1-2,6-7,9H,3-5,8H2,(H,17,18). The molecular weight excluding hydrogens is 238 g/mol. The minimum atomic E-state index is -1.25. The summed E-state index contributed by atoms with van der Waals surface area (Å²) in [7, 11) is 0. The summed E-state index contributed by atoms with van der Waals surface area (Å²) in [6, 6.07) is 1.18. The van der Waals surface area contributed by atoms with E-state index in [0.29, 0.717) is 12.5 Å². The first kappa shape index (κ1) is 12.7. The highest BCUT2D eigenvalue weighted by Crippen LogP contribution is 2.17. The summed E-state index contributed by atoms with van der Waals surface area (Å²) in [5.41, 5.74) is -0.297. The van der Waals surface area contributed by atoms with Gasteiger partial charge in [-0.3, -0.25) is 4.79 Å². The van der Waals surface area contributed by atoms with Crippen LogP contribution in [0.2, 0.25) is 0 Å². The molecule has 96 valence electrons. The molecule has 1 aromatic rings. The number of pyridine rings is 1. The molecule has 1 atom stereocenters. The number of carbonyl (C=O) groups excluding carboxylic acids is 1. The van der Waals surface area contributed by atoms with Crippen molar-refractivity contribution in [3.63, 3.8) is 0 Å². The van der Waals surface area contributed by atoms with Crippen molar-refractivity contribution in [3.8, 4) is 0 Å². The Hall–Kier alpha value is -1.78. The molecule has 1 unspecified atom stereocenters. The minimum Gasteiger partial charge on any atom is -0.352 e. The van der Waals surface area contributed by atoms with E-state index in [1.165, 1.54) is 6.07 Å². The summed E-state index contributed by atoms with van der Waals surface area (Å²) in [6.07, 6.45) is 8.18. The first-order chi connectivity index (χ1) is 8.68. The summed E-state index contributed by atoms with van der Waals surface area (Å²) in [4.78, 5) is 14.8. The van der Waals surface area contributed by atoms with Crippen molar-refractivity contribution in [1.29, 1.82) is 0 Å². The lowest BCUT2D eigenvalue weighted by Crippen LogP contribution is -2.30. The average molecular weight is 252 g/mol. The smallest absolute Gasteiger partial charge is 0.254 e. The van der Waals surface area contributed by atoms with E-state index < -0.39 is 17.7 Å². The number of nitrogens with one attached hydrogen (secondary N) is 1. The van der Waals surface area contributed by atoms with Crippen LogP contribution < -0.4 is 5.32 Å². The van der Waals surface area contributed by atoms with Gasteiger partial charge < -0.3 is 5.32 Å². The first-order valence-electron chi connectivity index (χ1n) is 5.91. The quantitative estimate of drug-likeness (QED) is 0.663. The van der Waals surface area contributed by atoms with Gasteiger partial charge in [-0.15, -0.1) is 0 Å². The maximum atomic E-state index is 13.3. The predicted molar refractivity (Wildman–Crippen MR) is 63.0 cm³/mol. The van der Waals surface area contributed by atoms with E-state index in [9.17, 15) is 13.6 Å². The normalized spacial score (nSPS) is 18.7. The SMILES string of the molecule is O=C(NCC1CC=CCC1)c1ccnc(F)c1F. The molecular formula is C13H14F2N2O. The van der Waals surface area contributed by atoms with Gasteiger partial charge in [0.1, 0.15) is 0 Å². The zero-order chi connectivity index (χ0) is 13.0. The Bertz CT molecular complexity index is 474. The Morgan fingerprint density at radius 1 is 1.44 bits per heavy atom. The monoisotopic (exact) mass is 252 g/mol. The number of hydrogen-bond donors (Lipinski definition) is 1. The Labute approximate surface area is 104 Å². The maximum Gasteiger partial charge on any atom is 0.254 e. The number of hydrogen-bond acceptors (Lipinski definition) is 2. The number of aromatic nitrogens is 1. The number of amides is 1. The van der Waals surface area contributed by atoms with Gasteiger partial charge >= 0.3 is 0 Å². The van der Waals surface area contributed by atoms with Crippen LogP contribution in [0.25, 0.3) is 0 Å². The Morgan fingerprint density at radius 3 is 3.00 bits per heavy atom. The van der Waals surface area contributed by atoms with Crippen molar-refractivity contribution in [2.45, 2.75) is 19.3 Å². The van der Waals surface area contributed by atoms with Gasteiger partial charge in [-0.1, -0.05) is 12.2 Å². The average Bonchev–Trinajstić information content (AvgIpc) is 2.40. The molecule has 1 heterocycles. The molecule has 0 saturated heterocycles. The van der Waals surface area contributed by atoms with Crippen LogP contribution >= 0.6 is 0 Å². The van der Waals surface area contributed by atoms with Crippen LogP contribution in [0.3, 0.4) is 0 Å². The first-order valence-corrected chi connectivity index (χ1v) is 5.91. The van der Waals surface area contributed by atoms with Crippen LogP contribution in [-0.2, 0) is 0 Å². The molecule has 0 bridgehead atoms. The Balaban J connectivity index is 1.95. The van der Waals surface area contributed by atoms with Gasteiger partial charge in [-0.2, -0.15) is 4.39 Å². The number of rotatable bonds is 3. The van der Waals surface area contributed by atoms with Crippen molar-refractivity contribution < 1.29 is 13.6 Å². The third-order valence-electron chi connectivity index (χ3n) is 3.02. The fourth-order valence-electron chi connectivity index (χ4n) is 1.97. The van der Waals surface area contributed by atoms with Gasteiger partial charge in [-0.05, 0) is 31.2 Å². The largest absolute Gasteiger partial charge is 0.352 e. The van der Waals surface area contributed by atoms with Crippen LogP contribution in [0, 0.1) is 17.7 Å². The van der Waals surface area contributed by atoms with Crippen molar-refractivity contribution >= 4 is 5.91 Å². The second kappa shape index (κ2) is 5.71. The molecule has 5 heteroatoms. The summed E-state index contributed by atoms with van der Waals surface area (Å²) in [5.74, 6) is -2.67. The topological polar surface area (TPSA) is 42.0 Å². The lowest BCUT2D eigenvalue weighted by atomic mass is 9.94. The van der Waals surface area contributed by atoms with E-state index in [1.807, 2.05) is 0 Å². The lowest BCUT2D eigenvalue weighted by Gasteiger charge is -2.18. The van der Waals surface area contributed by atoms with Crippen LogP contribution in [0.4, 0.5) is 8.78 Å². The molecule has 18 heavy (non-hydrogen) atoms. The van der Waals surface area contributed by atoms with E-state index in [2.05, 4.69) is 22.5 Å². The second-order valence-corrected chi connectivity index (χ2v) is 4.32. The van der Waals surface area contributed by atoms with Gasteiger partial charge in [0.2, 0.25) is 5.95 Å². The van der Waals surface area contributed by atoms with Crippen LogP contribution in [0.5, 0.6) is 0 Å². The number of allylic oxidation sites excluding steroid dienone is 2. The highest BCUT2D eigenvalue weighted by atomic mass is 19.2. The van der Waals surface area contributed by atoms with Crippen molar-refractivity contribution in [2.75, 3.05) is 6.54 Å². The minimum absolute atomic E-state index is 0.297. The summed E-state index contributed by atoms with van der Waals surface area (Å²) in [6.45, 7) is 0.479. The van der Waals surface area contributed by atoms with Gasteiger partial charge in [-0.25, -0.2) is 9.37 Å². The molecule has 1 aliphatic carbocycles. The van der Waals surface area contributed by atoms with Crippen molar-refractivity contribution in [3.05, 3.63) is 41.7 Å². The zero-order valence-electron chi connectivity index (χ0n) is 9.83. The van der Waals surface area contributed by atoms with E-state index in [0.717, 1.165) is 25.5 Å². The third kappa shape index (κ3) is 2.91. The van der Waals surface area contributed by atoms with E-state index in [4.69, 9.17) is 0 Å². The molecule has 0 aliphatic heterocycles. The van der Waals surface area contributed by atoms with Gasteiger partial charge in [0.25, 0.3) is 5.91 Å². The Kier molecular flexibility index (Phi) is 4.02.